The second-order valence-corrected chi connectivity index (χ2v) is 5.48. The van der Waals surface area contributed by atoms with Crippen LogP contribution in [0.25, 0.3) is 0 Å². The van der Waals surface area contributed by atoms with Gasteiger partial charge in [0.05, 0.1) is 6.54 Å². The van der Waals surface area contributed by atoms with E-state index >= 15 is 0 Å². The second kappa shape index (κ2) is 5.20. The SMILES string of the molecule is Nc1ccc(N2CCC(N3CCN(N)C3=O)CC2)cc1. The average Bonchev–Trinajstić information content (AvgIpc) is 2.80. The Kier molecular flexibility index (Phi) is 3.40. The fourth-order valence-electron chi connectivity index (χ4n) is 3.03. The number of carbonyl (C=O) groups excluding carboxylic acids is 1. The van der Waals surface area contributed by atoms with E-state index in [0.717, 1.165) is 38.2 Å². The summed E-state index contributed by atoms with van der Waals surface area (Å²) in [6, 6.07) is 8.25. The van der Waals surface area contributed by atoms with E-state index in [0.29, 0.717) is 12.6 Å². The van der Waals surface area contributed by atoms with Gasteiger partial charge >= 0.3 is 6.03 Å². The molecule has 2 fully saturated rings. The molecule has 2 aliphatic heterocycles. The average molecular weight is 275 g/mol. The molecule has 108 valence electrons. The van der Waals surface area contributed by atoms with E-state index in [1.165, 1.54) is 10.7 Å². The van der Waals surface area contributed by atoms with E-state index < -0.39 is 0 Å². The molecule has 2 amide bonds. The summed E-state index contributed by atoms with van der Waals surface area (Å²) in [4.78, 5) is 16.2. The number of piperidine rings is 1. The Morgan fingerprint density at radius 3 is 2.20 bits per heavy atom. The van der Waals surface area contributed by atoms with Crippen LogP contribution in [0.15, 0.2) is 24.3 Å². The number of nitrogens with zero attached hydrogens (tertiary/aromatic N) is 3. The van der Waals surface area contributed by atoms with Crippen LogP contribution in [0.4, 0.5) is 16.2 Å². The number of hydrazine groups is 1. The van der Waals surface area contributed by atoms with Gasteiger partial charge in [-0.1, -0.05) is 0 Å². The van der Waals surface area contributed by atoms with Crippen LogP contribution >= 0.6 is 0 Å². The van der Waals surface area contributed by atoms with Gasteiger partial charge in [-0.25, -0.2) is 10.6 Å². The Hall–Kier alpha value is -1.95. The summed E-state index contributed by atoms with van der Waals surface area (Å²) in [6.45, 7) is 3.31. The number of carbonyl (C=O) groups is 1. The summed E-state index contributed by atoms with van der Waals surface area (Å²) in [5, 5.41) is 1.31. The molecule has 1 aromatic rings. The third-order valence-electron chi connectivity index (χ3n) is 4.24. The molecule has 2 aliphatic rings. The van der Waals surface area contributed by atoms with Crippen molar-refractivity contribution >= 4 is 17.4 Å². The molecule has 1 aromatic carbocycles. The van der Waals surface area contributed by atoms with E-state index in [1.54, 1.807) is 0 Å². The van der Waals surface area contributed by atoms with Crippen LogP contribution in [0.3, 0.4) is 0 Å². The van der Waals surface area contributed by atoms with Crippen molar-refractivity contribution in [3.63, 3.8) is 0 Å². The molecule has 0 atom stereocenters. The Bertz CT molecular complexity index is 481. The largest absolute Gasteiger partial charge is 0.399 e. The first-order valence-electron chi connectivity index (χ1n) is 7.08. The Morgan fingerprint density at radius 2 is 1.65 bits per heavy atom. The molecule has 0 bridgehead atoms. The number of hydrogen-bond donors (Lipinski definition) is 2. The minimum absolute atomic E-state index is 0.0315. The topological polar surface area (TPSA) is 78.8 Å². The predicted molar refractivity (Wildman–Crippen MR) is 79.1 cm³/mol. The van der Waals surface area contributed by atoms with E-state index in [1.807, 2.05) is 17.0 Å². The quantitative estimate of drug-likeness (QED) is 0.476. The number of hydrogen-bond acceptors (Lipinski definition) is 4. The van der Waals surface area contributed by atoms with Gasteiger partial charge in [0, 0.05) is 37.1 Å². The number of nitrogen functional groups attached to an aromatic ring is 1. The first-order chi connectivity index (χ1) is 9.65. The lowest BCUT2D eigenvalue weighted by molar-refractivity contribution is 0.169. The zero-order chi connectivity index (χ0) is 14.1. The van der Waals surface area contributed by atoms with Crippen molar-refractivity contribution in [2.24, 2.45) is 5.84 Å². The Morgan fingerprint density at radius 1 is 1.00 bits per heavy atom. The maximum Gasteiger partial charge on any atom is 0.334 e. The minimum atomic E-state index is -0.0315. The molecule has 20 heavy (non-hydrogen) atoms. The lowest BCUT2D eigenvalue weighted by Crippen LogP contribution is -2.47. The Labute approximate surface area is 118 Å². The molecule has 3 rings (SSSR count). The summed E-state index contributed by atoms with van der Waals surface area (Å²) >= 11 is 0. The van der Waals surface area contributed by atoms with Crippen LogP contribution in [0.1, 0.15) is 12.8 Å². The van der Waals surface area contributed by atoms with Crippen LogP contribution in [0.2, 0.25) is 0 Å². The van der Waals surface area contributed by atoms with Gasteiger partial charge in [0.1, 0.15) is 0 Å². The maximum absolute atomic E-state index is 11.9. The lowest BCUT2D eigenvalue weighted by atomic mass is 10.0. The van der Waals surface area contributed by atoms with Crippen molar-refractivity contribution in [2.75, 3.05) is 36.8 Å². The zero-order valence-electron chi connectivity index (χ0n) is 11.5. The number of anilines is 2. The molecular formula is C14H21N5O. The smallest absolute Gasteiger partial charge is 0.334 e. The van der Waals surface area contributed by atoms with Gasteiger partial charge in [-0.05, 0) is 37.1 Å². The van der Waals surface area contributed by atoms with Crippen LogP contribution in [-0.4, -0.2) is 48.2 Å². The van der Waals surface area contributed by atoms with Crippen molar-refractivity contribution in [1.29, 1.82) is 0 Å². The fourth-order valence-corrected chi connectivity index (χ4v) is 3.03. The van der Waals surface area contributed by atoms with E-state index in [9.17, 15) is 4.79 Å². The summed E-state index contributed by atoms with van der Waals surface area (Å²) in [5.41, 5.74) is 7.70. The highest BCUT2D eigenvalue weighted by Gasteiger charge is 2.34. The molecule has 6 nitrogen and oxygen atoms in total. The first-order valence-corrected chi connectivity index (χ1v) is 7.08. The summed E-state index contributed by atoms with van der Waals surface area (Å²) < 4.78 is 0. The van der Waals surface area contributed by atoms with Gasteiger partial charge in [-0.15, -0.1) is 0 Å². The van der Waals surface area contributed by atoms with E-state index in [2.05, 4.69) is 17.0 Å². The highest BCUT2D eigenvalue weighted by atomic mass is 16.2. The van der Waals surface area contributed by atoms with Gasteiger partial charge in [-0.3, -0.25) is 5.01 Å². The molecule has 0 aromatic heterocycles. The summed E-state index contributed by atoms with van der Waals surface area (Å²) in [5.74, 6) is 5.63. The number of benzene rings is 1. The predicted octanol–water partition coefficient (Wildman–Crippen LogP) is 0.849. The monoisotopic (exact) mass is 275 g/mol. The van der Waals surface area contributed by atoms with Crippen molar-refractivity contribution in [3.05, 3.63) is 24.3 Å². The summed E-state index contributed by atoms with van der Waals surface area (Å²) in [7, 11) is 0. The molecule has 4 N–H and O–H groups in total. The van der Waals surface area contributed by atoms with Gasteiger partial charge in [0.25, 0.3) is 0 Å². The zero-order valence-corrected chi connectivity index (χ0v) is 11.5. The van der Waals surface area contributed by atoms with Gasteiger partial charge in [-0.2, -0.15) is 0 Å². The number of rotatable bonds is 2. The molecule has 2 saturated heterocycles. The van der Waals surface area contributed by atoms with Crippen molar-refractivity contribution < 1.29 is 4.79 Å². The van der Waals surface area contributed by atoms with Crippen molar-refractivity contribution in [2.45, 2.75) is 18.9 Å². The van der Waals surface area contributed by atoms with Crippen molar-refractivity contribution in [3.8, 4) is 0 Å². The fraction of sp³-hybridized carbons (Fsp3) is 0.500. The van der Waals surface area contributed by atoms with Gasteiger partial charge < -0.3 is 15.5 Å². The third kappa shape index (κ3) is 2.38. The molecule has 0 aliphatic carbocycles. The molecule has 0 unspecified atom stereocenters. The molecular weight excluding hydrogens is 254 g/mol. The minimum Gasteiger partial charge on any atom is -0.399 e. The standard InChI is InChI=1S/C14H21N5O/c15-11-1-3-12(4-2-11)17-7-5-13(6-8-17)18-9-10-19(16)14(18)20/h1-4,13H,5-10,15-16H2. The highest BCUT2D eigenvalue weighted by molar-refractivity contribution is 5.76. The van der Waals surface area contributed by atoms with Crippen molar-refractivity contribution in [1.82, 2.24) is 9.91 Å². The Balaban J connectivity index is 1.59. The van der Waals surface area contributed by atoms with Gasteiger partial charge in [0.2, 0.25) is 0 Å². The normalized spacial score (nSPS) is 20.9. The second-order valence-electron chi connectivity index (χ2n) is 5.48. The lowest BCUT2D eigenvalue weighted by Gasteiger charge is -2.37. The molecule has 2 heterocycles. The summed E-state index contributed by atoms with van der Waals surface area (Å²) in [6.07, 6.45) is 1.98. The molecule has 0 spiro atoms. The van der Waals surface area contributed by atoms with Gasteiger partial charge in [0.15, 0.2) is 0 Å². The van der Waals surface area contributed by atoms with Crippen LogP contribution < -0.4 is 16.5 Å². The number of amides is 2. The molecule has 0 saturated carbocycles. The first kappa shape index (κ1) is 13.1. The third-order valence-corrected chi connectivity index (χ3v) is 4.24. The van der Waals surface area contributed by atoms with Crippen LogP contribution in [0, 0.1) is 0 Å². The molecule has 6 heteroatoms. The van der Waals surface area contributed by atoms with Crippen LogP contribution in [-0.2, 0) is 0 Å². The van der Waals surface area contributed by atoms with E-state index in [4.69, 9.17) is 11.6 Å². The highest BCUT2D eigenvalue weighted by Crippen LogP contribution is 2.24. The number of nitrogens with two attached hydrogens (primary N) is 2. The van der Waals surface area contributed by atoms with E-state index in [-0.39, 0.29) is 6.03 Å². The number of urea groups is 1. The maximum atomic E-state index is 11.9. The molecule has 0 radical (unpaired) electrons. The van der Waals surface area contributed by atoms with Crippen LogP contribution in [0.5, 0.6) is 0 Å².